The molecule has 0 fully saturated rings. The number of hydrogen-bond donors (Lipinski definition) is 2. The first-order chi connectivity index (χ1) is 10.1. The molecule has 6 nitrogen and oxygen atoms in total. The van der Waals surface area contributed by atoms with Gasteiger partial charge in [0.25, 0.3) is 0 Å². The second-order valence-electron chi connectivity index (χ2n) is 4.70. The highest BCUT2D eigenvalue weighted by atomic mass is 32.2. The second kappa shape index (κ2) is 14.0. The number of guanidine groups is 1. The summed E-state index contributed by atoms with van der Waals surface area (Å²) in [5.41, 5.74) is 0. The summed E-state index contributed by atoms with van der Waals surface area (Å²) in [6.45, 7) is 5.39. The first kappa shape index (κ1) is 20.1. The maximum absolute atomic E-state index is 11.6. The Morgan fingerprint density at radius 1 is 1.24 bits per heavy atom. The molecule has 2 N–H and O–H groups in total. The quantitative estimate of drug-likeness (QED) is 0.335. The molecule has 0 saturated heterocycles. The Morgan fingerprint density at radius 2 is 1.95 bits per heavy atom. The van der Waals surface area contributed by atoms with Crippen LogP contribution in [0.3, 0.4) is 0 Å². The largest absolute Gasteiger partial charge is 0.382 e. The van der Waals surface area contributed by atoms with Gasteiger partial charge in [0.1, 0.15) is 6.54 Å². The number of ether oxygens (including phenoxy) is 1. The van der Waals surface area contributed by atoms with Crippen LogP contribution in [0.25, 0.3) is 0 Å². The zero-order valence-electron chi connectivity index (χ0n) is 13.8. The van der Waals surface area contributed by atoms with Crippen LogP contribution in [-0.4, -0.2) is 75.7 Å². The van der Waals surface area contributed by atoms with Crippen LogP contribution in [-0.2, 0) is 9.53 Å². The van der Waals surface area contributed by atoms with Gasteiger partial charge in [-0.25, -0.2) is 4.99 Å². The van der Waals surface area contributed by atoms with Gasteiger partial charge < -0.3 is 20.3 Å². The molecule has 0 aliphatic rings. The van der Waals surface area contributed by atoms with E-state index in [4.69, 9.17) is 4.74 Å². The van der Waals surface area contributed by atoms with Gasteiger partial charge in [-0.1, -0.05) is 0 Å². The molecule has 7 heteroatoms. The molecule has 0 aromatic rings. The number of nitrogens with zero attached hydrogens (tertiary/aromatic N) is 2. The molecule has 0 aliphatic carbocycles. The van der Waals surface area contributed by atoms with Crippen molar-refractivity contribution in [1.29, 1.82) is 0 Å². The predicted octanol–water partition coefficient (Wildman–Crippen LogP) is 0.790. The number of likely N-dealkylation sites (N-methyl/N-ethyl adjacent to an activating group) is 1. The number of nitrogens with one attached hydrogen (secondary N) is 2. The van der Waals surface area contributed by atoms with E-state index in [0.29, 0.717) is 5.96 Å². The summed E-state index contributed by atoms with van der Waals surface area (Å²) in [6, 6.07) is 0. The van der Waals surface area contributed by atoms with Crippen molar-refractivity contribution in [1.82, 2.24) is 15.5 Å². The number of aliphatic imine (C=N–C) groups is 1. The first-order valence-electron chi connectivity index (χ1n) is 7.40. The minimum absolute atomic E-state index is 0.00249. The van der Waals surface area contributed by atoms with Gasteiger partial charge in [0.05, 0.1) is 0 Å². The van der Waals surface area contributed by atoms with E-state index in [0.717, 1.165) is 44.9 Å². The summed E-state index contributed by atoms with van der Waals surface area (Å²) in [5.74, 6) is 1.71. The molecule has 0 aromatic heterocycles. The Labute approximate surface area is 133 Å². The summed E-state index contributed by atoms with van der Waals surface area (Å²) in [5, 5.41) is 6.49. The maximum Gasteiger partial charge on any atom is 0.243 e. The van der Waals surface area contributed by atoms with Gasteiger partial charge in [-0.3, -0.25) is 4.79 Å². The van der Waals surface area contributed by atoms with Crippen molar-refractivity contribution in [3.63, 3.8) is 0 Å². The SMILES string of the molecule is CCOCCCCNC(=NCC(=O)N(C)C)NCCSC. The first-order valence-corrected chi connectivity index (χ1v) is 8.80. The van der Waals surface area contributed by atoms with E-state index in [2.05, 4.69) is 21.9 Å². The van der Waals surface area contributed by atoms with Crippen molar-refractivity contribution < 1.29 is 9.53 Å². The average Bonchev–Trinajstić information content (AvgIpc) is 2.47. The topological polar surface area (TPSA) is 66.0 Å². The normalized spacial score (nSPS) is 11.3. The molecule has 0 unspecified atom stereocenters. The molecule has 0 rings (SSSR count). The van der Waals surface area contributed by atoms with Crippen LogP contribution in [0.15, 0.2) is 4.99 Å². The zero-order chi connectivity index (χ0) is 15.9. The Kier molecular flexibility index (Phi) is 13.4. The summed E-state index contributed by atoms with van der Waals surface area (Å²) in [4.78, 5) is 17.4. The number of carbonyl (C=O) groups excluding carboxylic acids is 1. The van der Waals surface area contributed by atoms with Crippen LogP contribution in [0.1, 0.15) is 19.8 Å². The number of hydrogen-bond acceptors (Lipinski definition) is 4. The zero-order valence-corrected chi connectivity index (χ0v) is 14.6. The molecule has 0 radical (unpaired) electrons. The lowest BCUT2D eigenvalue weighted by molar-refractivity contribution is -0.127. The van der Waals surface area contributed by atoms with Gasteiger partial charge in [0.15, 0.2) is 5.96 Å². The van der Waals surface area contributed by atoms with Crippen molar-refractivity contribution in [2.24, 2.45) is 4.99 Å². The van der Waals surface area contributed by atoms with Crippen LogP contribution in [0, 0.1) is 0 Å². The molecule has 0 spiro atoms. The second-order valence-corrected chi connectivity index (χ2v) is 5.69. The molecule has 0 heterocycles. The van der Waals surface area contributed by atoms with Crippen LogP contribution in [0.5, 0.6) is 0 Å². The lowest BCUT2D eigenvalue weighted by Gasteiger charge is -2.13. The van der Waals surface area contributed by atoms with Crippen LogP contribution < -0.4 is 10.6 Å². The van der Waals surface area contributed by atoms with Crippen LogP contribution >= 0.6 is 11.8 Å². The average molecular weight is 318 g/mol. The van der Waals surface area contributed by atoms with E-state index in [9.17, 15) is 4.79 Å². The lowest BCUT2D eigenvalue weighted by atomic mass is 10.3. The van der Waals surface area contributed by atoms with Crippen molar-refractivity contribution in [2.75, 3.05) is 59.0 Å². The third kappa shape index (κ3) is 12.5. The fourth-order valence-corrected chi connectivity index (χ4v) is 1.72. The van der Waals surface area contributed by atoms with Crippen molar-refractivity contribution in [2.45, 2.75) is 19.8 Å². The molecule has 0 atom stereocenters. The molecule has 0 bridgehead atoms. The maximum atomic E-state index is 11.6. The Morgan fingerprint density at radius 3 is 2.57 bits per heavy atom. The van der Waals surface area contributed by atoms with E-state index in [1.54, 1.807) is 30.8 Å². The van der Waals surface area contributed by atoms with Crippen molar-refractivity contribution in [3.8, 4) is 0 Å². The van der Waals surface area contributed by atoms with Gasteiger partial charge >= 0.3 is 0 Å². The highest BCUT2D eigenvalue weighted by Gasteiger charge is 2.04. The third-order valence-corrected chi connectivity index (χ3v) is 3.29. The molecule has 21 heavy (non-hydrogen) atoms. The fourth-order valence-electron chi connectivity index (χ4n) is 1.41. The van der Waals surface area contributed by atoms with Crippen LogP contribution in [0.2, 0.25) is 0 Å². The standard InChI is InChI=1S/C14H30N4O2S/c1-5-20-10-7-6-8-15-14(16-9-11-21-4)17-12-13(19)18(2)3/h5-12H2,1-4H3,(H2,15,16,17). The van der Waals surface area contributed by atoms with Gasteiger partial charge in [-0.2, -0.15) is 11.8 Å². The number of thioether (sulfide) groups is 1. The lowest BCUT2D eigenvalue weighted by Crippen LogP contribution is -2.40. The number of amides is 1. The molecule has 0 aliphatic heterocycles. The van der Waals surface area contributed by atoms with Gasteiger partial charge in [0, 0.05) is 46.2 Å². The molecule has 0 saturated carbocycles. The molecule has 124 valence electrons. The van der Waals surface area contributed by atoms with Crippen molar-refractivity contribution in [3.05, 3.63) is 0 Å². The minimum atomic E-state index is -0.00249. The van der Waals surface area contributed by atoms with E-state index in [-0.39, 0.29) is 12.5 Å². The predicted molar refractivity (Wildman–Crippen MR) is 91.1 cm³/mol. The Balaban J connectivity index is 4.06. The molecule has 0 aromatic carbocycles. The minimum Gasteiger partial charge on any atom is -0.382 e. The number of unbranched alkanes of at least 4 members (excludes halogenated alkanes) is 1. The molecular formula is C14H30N4O2S. The number of rotatable bonds is 11. The van der Waals surface area contributed by atoms with Gasteiger partial charge in [-0.15, -0.1) is 0 Å². The van der Waals surface area contributed by atoms with Gasteiger partial charge in [0.2, 0.25) is 5.91 Å². The molecule has 1 amide bonds. The Hall–Kier alpha value is -0.950. The monoisotopic (exact) mass is 318 g/mol. The highest BCUT2D eigenvalue weighted by Crippen LogP contribution is 1.90. The van der Waals surface area contributed by atoms with E-state index in [1.807, 2.05) is 6.92 Å². The van der Waals surface area contributed by atoms with Crippen LogP contribution in [0.4, 0.5) is 0 Å². The smallest absolute Gasteiger partial charge is 0.243 e. The van der Waals surface area contributed by atoms with E-state index < -0.39 is 0 Å². The van der Waals surface area contributed by atoms with E-state index in [1.165, 1.54) is 0 Å². The Bertz CT molecular complexity index is 299. The van der Waals surface area contributed by atoms with Crippen molar-refractivity contribution >= 4 is 23.6 Å². The van der Waals surface area contributed by atoms with Gasteiger partial charge in [-0.05, 0) is 26.0 Å². The summed E-state index contributed by atoms with van der Waals surface area (Å²) in [7, 11) is 3.47. The molecular weight excluding hydrogens is 288 g/mol. The van der Waals surface area contributed by atoms with E-state index >= 15 is 0 Å². The summed E-state index contributed by atoms with van der Waals surface area (Å²) in [6.07, 6.45) is 4.11. The third-order valence-electron chi connectivity index (χ3n) is 2.68. The summed E-state index contributed by atoms with van der Waals surface area (Å²) < 4.78 is 5.30. The fraction of sp³-hybridized carbons (Fsp3) is 0.857. The summed E-state index contributed by atoms with van der Waals surface area (Å²) >= 11 is 1.77. The highest BCUT2D eigenvalue weighted by molar-refractivity contribution is 7.98. The number of carbonyl (C=O) groups is 1.